The van der Waals surface area contributed by atoms with Gasteiger partial charge in [0, 0.05) is 13.1 Å². The Bertz CT molecular complexity index is 529. The van der Waals surface area contributed by atoms with Crippen molar-refractivity contribution in [3.8, 4) is 0 Å². The Morgan fingerprint density at radius 2 is 1.96 bits per heavy atom. The number of nitrogens with one attached hydrogen (secondary N) is 2. The van der Waals surface area contributed by atoms with Crippen molar-refractivity contribution in [3.63, 3.8) is 0 Å². The molecule has 0 aliphatic carbocycles. The zero-order chi connectivity index (χ0) is 16.8. The lowest BCUT2D eigenvalue weighted by molar-refractivity contribution is 0.0937. The van der Waals surface area contributed by atoms with E-state index in [1.165, 1.54) is 32.4 Å². The van der Waals surface area contributed by atoms with Crippen LogP contribution in [-0.4, -0.2) is 65.1 Å². The molecule has 9 heteroatoms. The van der Waals surface area contributed by atoms with E-state index in [4.69, 9.17) is 0 Å². The molecule has 1 aromatic rings. The first-order chi connectivity index (χ1) is 11.7. The SMILES string of the molecule is CC(CNC(=O)c1cn(C2CCNCC2)nn1)CN1CCCCC1.Cl.Cl. The van der Waals surface area contributed by atoms with E-state index < -0.39 is 0 Å². The van der Waals surface area contributed by atoms with Crippen LogP contribution < -0.4 is 10.6 Å². The maximum absolute atomic E-state index is 12.3. The van der Waals surface area contributed by atoms with Crippen LogP contribution in [0.3, 0.4) is 0 Å². The van der Waals surface area contributed by atoms with Gasteiger partial charge in [0.2, 0.25) is 0 Å². The monoisotopic (exact) mass is 406 g/mol. The second kappa shape index (κ2) is 11.7. The van der Waals surface area contributed by atoms with Crippen molar-refractivity contribution in [2.24, 2.45) is 5.92 Å². The van der Waals surface area contributed by atoms with E-state index >= 15 is 0 Å². The van der Waals surface area contributed by atoms with Crippen LogP contribution in [-0.2, 0) is 0 Å². The van der Waals surface area contributed by atoms with E-state index in [0.717, 1.165) is 32.5 Å². The Morgan fingerprint density at radius 1 is 1.27 bits per heavy atom. The third kappa shape index (κ3) is 6.68. The fourth-order valence-electron chi connectivity index (χ4n) is 3.64. The van der Waals surface area contributed by atoms with Crippen LogP contribution in [0.25, 0.3) is 0 Å². The average molecular weight is 407 g/mol. The first kappa shape index (κ1) is 23.1. The number of nitrogens with zero attached hydrogens (tertiary/aromatic N) is 4. The van der Waals surface area contributed by atoms with Crippen molar-refractivity contribution in [1.82, 2.24) is 30.5 Å². The average Bonchev–Trinajstić information content (AvgIpc) is 3.11. The fourth-order valence-corrected chi connectivity index (χ4v) is 3.64. The Labute approximate surface area is 168 Å². The van der Waals surface area contributed by atoms with Gasteiger partial charge in [-0.05, 0) is 57.8 Å². The highest BCUT2D eigenvalue weighted by Crippen LogP contribution is 2.17. The molecule has 1 atom stereocenters. The number of carbonyl (C=O) groups is 1. The van der Waals surface area contributed by atoms with E-state index in [2.05, 4.69) is 32.8 Å². The summed E-state index contributed by atoms with van der Waals surface area (Å²) in [5.41, 5.74) is 0.429. The molecule has 3 heterocycles. The molecule has 0 bridgehead atoms. The predicted octanol–water partition coefficient (Wildman–Crippen LogP) is 1.90. The van der Waals surface area contributed by atoms with Gasteiger partial charge in [0.05, 0.1) is 12.2 Å². The molecule has 26 heavy (non-hydrogen) atoms. The third-order valence-corrected chi connectivity index (χ3v) is 5.06. The summed E-state index contributed by atoms with van der Waals surface area (Å²) >= 11 is 0. The summed E-state index contributed by atoms with van der Waals surface area (Å²) in [5, 5.41) is 14.6. The number of rotatable bonds is 6. The number of hydrogen-bond donors (Lipinski definition) is 2. The van der Waals surface area contributed by atoms with Crippen molar-refractivity contribution in [1.29, 1.82) is 0 Å². The molecule has 0 spiro atoms. The van der Waals surface area contributed by atoms with Crippen molar-refractivity contribution in [2.75, 3.05) is 39.3 Å². The number of halogens is 2. The maximum Gasteiger partial charge on any atom is 0.273 e. The fraction of sp³-hybridized carbons (Fsp3) is 0.824. The van der Waals surface area contributed by atoms with Gasteiger partial charge in [0.1, 0.15) is 0 Å². The lowest BCUT2D eigenvalue weighted by Gasteiger charge is -2.29. The first-order valence-corrected chi connectivity index (χ1v) is 9.35. The Morgan fingerprint density at radius 3 is 2.65 bits per heavy atom. The molecule has 1 aromatic heterocycles. The number of aromatic nitrogens is 3. The normalized spacial score (nSPS) is 19.9. The maximum atomic E-state index is 12.3. The lowest BCUT2D eigenvalue weighted by Crippen LogP contribution is -2.38. The summed E-state index contributed by atoms with van der Waals surface area (Å²) in [6, 6.07) is 0.360. The summed E-state index contributed by atoms with van der Waals surface area (Å²) in [5.74, 6) is 0.340. The molecule has 2 N–H and O–H groups in total. The van der Waals surface area contributed by atoms with Crippen molar-refractivity contribution < 1.29 is 4.79 Å². The predicted molar refractivity (Wildman–Crippen MR) is 107 cm³/mol. The standard InChI is InChI=1S/C17H30N6O.2ClH/c1-14(12-22-9-3-2-4-10-22)11-19-17(24)16-13-23(21-20-16)15-5-7-18-8-6-15;;/h13-15,18H,2-12H2,1H3,(H,19,24);2*1H. The minimum absolute atomic E-state index is 0. The summed E-state index contributed by atoms with van der Waals surface area (Å²) in [6.45, 7) is 8.34. The molecule has 1 amide bonds. The molecule has 0 radical (unpaired) electrons. The topological polar surface area (TPSA) is 75.1 Å². The summed E-state index contributed by atoms with van der Waals surface area (Å²) in [7, 11) is 0. The van der Waals surface area contributed by atoms with Crippen molar-refractivity contribution in [2.45, 2.75) is 45.1 Å². The summed E-state index contributed by atoms with van der Waals surface area (Å²) in [4.78, 5) is 14.8. The highest BCUT2D eigenvalue weighted by atomic mass is 35.5. The summed E-state index contributed by atoms with van der Waals surface area (Å²) < 4.78 is 1.85. The van der Waals surface area contributed by atoms with Crippen LogP contribution in [0.5, 0.6) is 0 Å². The van der Waals surface area contributed by atoms with E-state index in [0.29, 0.717) is 24.2 Å². The minimum Gasteiger partial charge on any atom is -0.350 e. The number of hydrogen-bond acceptors (Lipinski definition) is 5. The smallest absolute Gasteiger partial charge is 0.273 e. The molecular weight excluding hydrogens is 375 g/mol. The van der Waals surface area contributed by atoms with Gasteiger partial charge in [0.25, 0.3) is 5.91 Å². The van der Waals surface area contributed by atoms with Gasteiger partial charge in [0.15, 0.2) is 5.69 Å². The summed E-state index contributed by atoms with van der Waals surface area (Å²) in [6.07, 6.45) is 7.83. The molecular formula is C17H32Cl2N6O. The highest BCUT2D eigenvalue weighted by molar-refractivity contribution is 5.91. The number of carbonyl (C=O) groups excluding carboxylic acids is 1. The van der Waals surface area contributed by atoms with Crippen LogP contribution in [0.2, 0.25) is 0 Å². The Hall–Kier alpha value is -0.890. The third-order valence-electron chi connectivity index (χ3n) is 5.06. The van der Waals surface area contributed by atoms with Crippen LogP contribution in [0, 0.1) is 5.92 Å². The molecule has 1 unspecified atom stereocenters. The molecule has 3 rings (SSSR count). The Kier molecular flexibility index (Phi) is 10.5. The molecule has 2 fully saturated rings. The van der Waals surface area contributed by atoms with Gasteiger partial charge >= 0.3 is 0 Å². The van der Waals surface area contributed by atoms with E-state index in [1.54, 1.807) is 6.20 Å². The molecule has 150 valence electrons. The molecule has 2 saturated heterocycles. The molecule has 0 aromatic carbocycles. The van der Waals surface area contributed by atoms with E-state index in [1.807, 2.05) is 4.68 Å². The quantitative estimate of drug-likeness (QED) is 0.754. The van der Waals surface area contributed by atoms with Gasteiger partial charge in [-0.3, -0.25) is 4.79 Å². The van der Waals surface area contributed by atoms with E-state index in [-0.39, 0.29) is 30.7 Å². The zero-order valence-electron chi connectivity index (χ0n) is 15.5. The lowest BCUT2D eigenvalue weighted by atomic mass is 10.1. The van der Waals surface area contributed by atoms with Crippen molar-refractivity contribution >= 4 is 30.7 Å². The number of piperidine rings is 2. The molecule has 0 saturated carbocycles. The van der Waals surface area contributed by atoms with Crippen LogP contribution in [0.15, 0.2) is 6.20 Å². The second-order valence-electron chi connectivity index (χ2n) is 7.24. The largest absolute Gasteiger partial charge is 0.350 e. The first-order valence-electron chi connectivity index (χ1n) is 9.35. The molecule has 2 aliphatic rings. The van der Waals surface area contributed by atoms with Gasteiger partial charge in [-0.25, -0.2) is 4.68 Å². The van der Waals surface area contributed by atoms with Crippen molar-refractivity contribution in [3.05, 3.63) is 11.9 Å². The van der Waals surface area contributed by atoms with Crippen LogP contribution in [0.4, 0.5) is 0 Å². The number of amides is 1. The molecule has 2 aliphatic heterocycles. The van der Waals surface area contributed by atoms with Gasteiger partial charge in [-0.15, -0.1) is 29.9 Å². The highest BCUT2D eigenvalue weighted by Gasteiger charge is 2.19. The van der Waals surface area contributed by atoms with Crippen LogP contribution in [0.1, 0.15) is 55.6 Å². The zero-order valence-corrected chi connectivity index (χ0v) is 17.2. The molecule has 7 nitrogen and oxygen atoms in total. The van der Waals surface area contributed by atoms with Gasteiger partial charge in [-0.2, -0.15) is 0 Å². The van der Waals surface area contributed by atoms with Gasteiger partial charge in [-0.1, -0.05) is 18.6 Å². The van der Waals surface area contributed by atoms with E-state index in [9.17, 15) is 4.79 Å². The second-order valence-corrected chi connectivity index (χ2v) is 7.24. The van der Waals surface area contributed by atoms with Gasteiger partial charge < -0.3 is 15.5 Å². The Balaban J connectivity index is 0.00000169. The number of likely N-dealkylation sites (tertiary alicyclic amines) is 1. The minimum atomic E-state index is -0.110. The van der Waals surface area contributed by atoms with Crippen LogP contribution >= 0.6 is 24.8 Å².